The number of carbonyl (C=O) groups is 1. The third-order valence-corrected chi connectivity index (χ3v) is 4.40. The van der Waals surface area contributed by atoms with Crippen LogP contribution in [0.2, 0.25) is 5.02 Å². The predicted molar refractivity (Wildman–Crippen MR) is 80.3 cm³/mol. The Morgan fingerprint density at radius 2 is 1.79 bits per heavy atom. The summed E-state index contributed by atoms with van der Waals surface area (Å²) in [6, 6.07) is 3.17. The van der Waals surface area contributed by atoms with E-state index in [1.54, 1.807) is 12.1 Å². The lowest BCUT2D eigenvalue weighted by molar-refractivity contribution is 0.0944. The van der Waals surface area contributed by atoms with Gasteiger partial charge in [0.2, 0.25) is 0 Å². The maximum Gasteiger partial charge on any atom is 0.164 e. The van der Waals surface area contributed by atoms with Crippen LogP contribution in [-0.4, -0.2) is 5.78 Å². The molecule has 0 amide bonds. The minimum Gasteiger partial charge on any atom is -0.397 e. The van der Waals surface area contributed by atoms with E-state index in [0.29, 0.717) is 34.3 Å². The second kappa shape index (κ2) is 5.83. The van der Waals surface area contributed by atoms with Crippen molar-refractivity contribution in [2.45, 2.75) is 39.0 Å². The molecule has 1 aliphatic rings. The fourth-order valence-corrected chi connectivity index (χ4v) is 3.00. The summed E-state index contributed by atoms with van der Waals surface area (Å²) in [7, 11) is 0. The van der Waals surface area contributed by atoms with E-state index in [4.69, 9.17) is 23.1 Å². The standard InChI is InChI=1S/C15H21ClN2O/c1-9-2-4-10(5-3-9)6-15(19)11-7-13(17)14(18)8-12(11)16/h7-10H,2-6,17-18H2,1H3. The van der Waals surface area contributed by atoms with Gasteiger partial charge in [-0.3, -0.25) is 4.79 Å². The molecule has 0 aliphatic heterocycles. The van der Waals surface area contributed by atoms with Gasteiger partial charge in [-0.25, -0.2) is 0 Å². The lowest BCUT2D eigenvalue weighted by Crippen LogP contribution is -2.16. The molecule has 0 aromatic heterocycles. The average molecular weight is 281 g/mol. The highest BCUT2D eigenvalue weighted by Gasteiger charge is 2.22. The Morgan fingerprint density at radius 1 is 1.21 bits per heavy atom. The smallest absolute Gasteiger partial charge is 0.164 e. The lowest BCUT2D eigenvalue weighted by Gasteiger charge is -2.25. The summed E-state index contributed by atoms with van der Waals surface area (Å²) in [4.78, 5) is 12.3. The van der Waals surface area contributed by atoms with Crippen molar-refractivity contribution in [2.75, 3.05) is 11.5 Å². The molecule has 1 aromatic rings. The van der Waals surface area contributed by atoms with Crippen molar-refractivity contribution >= 4 is 28.8 Å². The van der Waals surface area contributed by atoms with Crippen molar-refractivity contribution in [1.29, 1.82) is 0 Å². The van der Waals surface area contributed by atoms with Gasteiger partial charge in [0.05, 0.1) is 16.4 Å². The third-order valence-electron chi connectivity index (χ3n) is 4.08. The first kappa shape index (κ1) is 14.2. The molecule has 1 saturated carbocycles. The van der Waals surface area contributed by atoms with Crippen molar-refractivity contribution in [3.8, 4) is 0 Å². The van der Waals surface area contributed by atoms with E-state index in [2.05, 4.69) is 6.92 Å². The lowest BCUT2D eigenvalue weighted by atomic mass is 9.80. The van der Waals surface area contributed by atoms with Gasteiger partial charge in [0, 0.05) is 12.0 Å². The molecule has 104 valence electrons. The van der Waals surface area contributed by atoms with Crippen LogP contribution in [0.1, 0.15) is 49.4 Å². The quantitative estimate of drug-likeness (QED) is 0.651. The topological polar surface area (TPSA) is 69.1 Å². The van der Waals surface area contributed by atoms with Gasteiger partial charge < -0.3 is 11.5 Å². The van der Waals surface area contributed by atoms with Crippen molar-refractivity contribution < 1.29 is 4.79 Å². The van der Waals surface area contributed by atoms with Gasteiger partial charge in [-0.1, -0.05) is 31.4 Å². The molecule has 0 unspecified atom stereocenters. The Balaban J connectivity index is 2.06. The third kappa shape index (κ3) is 3.41. The van der Waals surface area contributed by atoms with Crippen molar-refractivity contribution in [1.82, 2.24) is 0 Å². The summed E-state index contributed by atoms with van der Waals surface area (Å²) in [5.74, 6) is 1.36. The maximum absolute atomic E-state index is 12.3. The SMILES string of the molecule is CC1CCC(CC(=O)c2cc(N)c(N)cc2Cl)CC1. The predicted octanol–water partition coefficient (Wildman–Crippen LogP) is 3.90. The van der Waals surface area contributed by atoms with Gasteiger partial charge in [-0.2, -0.15) is 0 Å². The number of carbonyl (C=O) groups excluding carboxylic acids is 1. The molecule has 0 heterocycles. The molecule has 0 atom stereocenters. The van der Waals surface area contributed by atoms with E-state index in [-0.39, 0.29) is 5.78 Å². The van der Waals surface area contributed by atoms with E-state index >= 15 is 0 Å². The fraction of sp³-hybridized carbons (Fsp3) is 0.533. The van der Waals surface area contributed by atoms with Crippen molar-refractivity contribution in [2.24, 2.45) is 11.8 Å². The number of Topliss-reactive ketones (excluding diaryl/α,β-unsaturated/α-hetero) is 1. The fourth-order valence-electron chi connectivity index (χ4n) is 2.72. The van der Waals surface area contributed by atoms with Gasteiger partial charge in [-0.05, 0) is 36.8 Å². The first-order chi connectivity index (χ1) is 8.97. The highest BCUT2D eigenvalue weighted by molar-refractivity contribution is 6.34. The number of hydrogen-bond donors (Lipinski definition) is 2. The number of nitrogens with two attached hydrogens (primary N) is 2. The van der Waals surface area contributed by atoms with E-state index < -0.39 is 0 Å². The van der Waals surface area contributed by atoms with E-state index in [1.807, 2.05) is 0 Å². The molecule has 0 spiro atoms. The molecule has 3 nitrogen and oxygen atoms in total. The van der Waals surface area contributed by atoms with Crippen molar-refractivity contribution in [3.63, 3.8) is 0 Å². The second-order valence-corrected chi connectivity index (χ2v) is 6.12. The summed E-state index contributed by atoms with van der Waals surface area (Å²) in [6.07, 6.45) is 5.27. The zero-order chi connectivity index (χ0) is 14.0. The summed E-state index contributed by atoms with van der Waals surface area (Å²) in [6.45, 7) is 2.27. The van der Waals surface area contributed by atoms with Gasteiger partial charge in [0.15, 0.2) is 5.78 Å². The largest absolute Gasteiger partial charge is 0.397 e. The van der Waals surface area contributed by atoms with Crippen LogP contribution < -0.4 is 11.5 Å². The number of benzene rings is 1. The van der Waals surface area contributed by atoms with Crippen LogP contribution in [0.15, 0.2) is 12.1 Å². The summed E-state index contributed by atoms with van der Waals surface area (Å²) in [5.41, 5.74) is 12.8. The highest BCUT2D eigenvalue weighted by Crippen LogP contribution is 2.33. The first-order valence-corrected chi connectivity index (χ1v) is 7.23. The normalized spacial score (nSPS) is 23.3. The maximum atomic E-state index is 12.3. The molecular formula is C15H21ClN2O. The minimum atomic E-state index is 0.0799. The molecule has 0 radical (unpaired) electrons. The molecule has 1 fully saturated rings. The molecule has 4 heteroatoms. The van der Waals surface area contributed by atoms with E-state index in [0.717, 1.165) is 18.8 Å². The number of anilines is 2. The number of hydrogen-bond acceptors (Lipinski definition) is 3. The monoisotopic (exact) mass is 280 g/mol. The van der Waals surface area contributed by atoms with Crippen LogP contribution in [0.4, 0.5) is 11.4 Å². The number of halogens is 1. The molecule has 0 saturated heterocycles. The molecule has 19 heavy (non-hydrogen) atoms. The Morgan fingerprint density at radius 3 is 2.42 bits per heavy atom. The van der Waals surface area contributed by atoms with E-state index in [1.165, 1.54) is 12.8 Å². The van der Waals surface area contributed by atoms with Gasteiger partial charge in [0.1, 0.15) is 0 Å². The zero-order valence-electron chi connectivity index (χ0n) is 11.3. The summed E-state index contributed by atoms with van der Waals surface area (Å²) in [5, 5.41) is 0.404. The summed E-state index contributed by atoms with van der Waals surface area (Å²) >= 11 is 6.08. The number of nitrogen functional groups attached to an aromatic ring is 2. The molecule has 4 N–H and O–H groups in total. The van der Waals surface area contributed by atoms with Gasteiger partial charge in [0.25, 0.3) is 0 Å². The average Bonchev–Trinajstić information content (AvgIpc) is 2.36. The molecule has 1 aromatic carbocycles. The van der Waals surface area contributed by atoms with Crippen LogP contribution >= 0.6 is 11.6 Å². The summed E-state index contributed by atoms with van der Waals surface area (Å²) < 4.78 is 0. The van der Waals surface area contributed by atoms with Crippen LogP contribution in [0.3, 0.4) is 0 Å². The molecule has 1 aliphatic carbocycles. The number of rotatable bonds is 3. The Labute approximate surface area is 119 Å². The molecular weight excluding hydrogens is 260 g/mol. The van der Waals surface area contributed by atoms with Gasteiger partial charge >= 0.3 is 0 Å². The van der Waals surface area contributed by atoms with Gasteiger partial charge in [-0.15, -0.1) is 0 Å². The van der Waals surface area contributed by atoms with E-state index in [9.17, 15) is 4.79 Å². The Bertz CT molecular complexity index is 479. The van der Waals surface area contributed by atoms with Crippen LogP contribution in [-0.2, 0) is 0 Å². The van der Waals surface area contributed by atoms with Crippen LogP contribution in [0.5, 0.6) is 0 Å². The second-order valence-electron chi connectivity index (χ2n) is 5.71. The Hall–Kier alpha value is -1.22. The first-order valence-electron chi connectivity index (χ1n) is 6.85. The minimum absolute atomic E-state index is 0.0799. The van der Waals surface area contributed by atoms with Crippen molar-refractivity contribution in [3.05, 3.63) is 22.7 Å². The zero-order valence-corrected chi connectivity index (χ0v) is 12.0. The van der Waals surface area contributed by atoms with Crippen LogP contribution in [0, 0.1) is 11.8 Å². The number of ketones is 1. The molecule has 0 bridgehead atoms. The highest BCUT2D eigenvalue weighted by atomic mass is 35.5. The Kier molecular flexibility index (Phi) is 4.35. The van der Waals surface area contributed by atoms with Crippen LogP contribution in [0.25, 0.3) is 0 Å². The molecule has 2 rings (SSSR count).